The minimum atomic E-state index is -0.226. The van der Waals surface area contributed by atoms with Crippen LogP contribution >= 0.6 is 0 Å². The average Bonchev–Trinajstić information content (AvgIpc) is 3.51. The van der Waals surface area contributed by atoms with Crippen LogP contribution in [0.2, 0.25) is 0 Å². The maximum Gasteiger partial charge on any atom is 0.226 e. The Balaban J connectivity index is 1.33. The van der Waals surface area contributed by atoms with Crippen molar-refractivity contribution >= 4 is 16.9 Å². The Bertz CT molecular complexity index is 1590. The summed E-state index contributed by atoms with van der Waals surface area (Å²) in [5.41, 5.74) is 5.31. The van der Waals surface area contributed by atoms with Crippen LogP contribution in [0.5, 0.6) is 5.75 Å². The Morgan fingerprint density at radius 2 is 1.71 bits per heavy atom. The molecule has 0 radical (unpaired) electrons. The third-order valence-electron chi connectivity index (χ3n) is 6.88. The molecule has 1 unspecified atom stereocenters. The molecule has 170 valence electrons. The van der Waals surface area contributed by atoms with E-state index in [0.29, 0.717) is 17.9 Å². The minimum absolute atomic E-state index is 0.0440. The lowest BCUT2D eigenvalue weighted by atomic mass is 10.00. The summed E-state index contributed by atoms with van der Waals surface area (Å²) in [6.07, 6.45) is 5.89. The fourth-order valence-electron chi connectivity index (χ4n) is 5.23. The number of hydrogen-bond acceptors (Lipinski definition) is 6. The molecule has 0 fully saturated rings. The number of ether oxygens (including phenoxy) is 1. The zero-order valence-electron chi connectivity index (χ0n) is 18.8. The van der Waals surface area contributed by atoms with Gasteiger partial charge in [0, 0.05) is 47.0 Å². The maximum atomic E-state index is 13.5. The fraction of sp³-hybridized carbons (Fsp3) is 0.143. The first kappa shape index (κ1) is 19.9. The van der Waals surface area contributed by atoms with E-state index in [9.17, 15) is 4.79 Å². The van der Waals surface area contributed by atoms with Gasteiger partial charge in [-0.05, 0) is 35.9 Å². The Hall–Kier alpha value is -4.52. The number of nitrogens with zero attached hydrogens (tertiary/aromatic N) is 4. The predicted molar refractivity (Wildman–Crippen MR) is 133 cm³/mol. The average molecular weight is 460 g/mol. The quantitative estimate of drug-likeness (QED) is 0.429. The lowest BCUT2D eigenvalue weighted by Gasteiger charge is -2.29. The van der Waals surface area contributed by atoms with Crippen LogP contribution in [0.15, 0.2) is 90.1 Å². The van der Waals surface area contributed by atoms with Crippen LogP contribution < -0.4 is 15.1 Å². The van der Waals surface area contributed by atoms with Crippen LogP contribution in [0, 0.1) is 0 Å². The number of aromatic nitrogens is 4. The van der Waals surface area contributed by atoms with Gasteiger partial charge in [-0.2, -0.15) is 0 Å². The molecule has 5 aromatic rings. The Morgan fingerprint density at radius 1 is 0.914 bits per heavy atom. The third kappa shape index (κ3) is 3.19. The summed E-state index contributed by atoms with van der Waals surface area (Å²) in [5, 5.41) is 0.689. The van der Waals surface area contributed by atoms with Crippen molar-refractivity contribution in [1.82, 2.24) is 19.9 Å². The second-order valence-corrected chi connectivity index (χ2v) is 8.92. The van der Waals surface area contributed by atoms with E-state index in [1.165, 1.54) is 5.56 Å². The molecule has 0 spiro atoms. The summed E-state index contributed by atoms with van der Waals surface area (Å²) in [4.78, 5) is 32.9. The van der Waals surface area contributed by atoms with Gasteiger partial charge in [-0.1, -0.05) is 36.4 Å². The largest absolute Gasteiger partial charge is 0.487 e. The number of anilines is 1. The molecule has 0 saturated carbocycles. The Morgan fingerprint density at radius 3 is 2.54 bits per heavy atom. The van der Waals surface area contributed by atoms with Crippen molar-refractivity contribution in [2.45, 2.75) is 25.1 Å². The van der Waals surface area contributed by atoms with Crippen LogP contribution in [-0.2, 0) is 13.0 Å². The van der Waals surface area contributed by atoms with Gasteiger partial charge in [-0.15, -0.1) is 0 Å². The number of benzene rings is 2. The first-order valence-corrected chi connectivity index (χ1v) is 11.6. The molecule has 2 aliphatic rings. The molecule has 2 aromatic carbocycles. The van der Waals surface area contributed by atoms with E-state index in [1.54, 1.807) is 18.6 Å². The fourth-order valence-corrected chi connectivity index (χ4v) is 5.23. The van der Waals surface area contributed by atoms with E-state index in [2.05, 4.69) is 20.9 Å². The summed E-state index contributed by atoms with van der Waals surface area (Å²) < 4.78 is 6.42. The molecule has 7 rings (SSSR count). The van der Waals surface area contributed by atoms with E-state index < -0.39 is 0 Å². The van der Waals surface area contributed by atoms with Crippen LogP contribution in [0.25, 0.3) is 22.2 Å². The maximum absolute atomic E-state index is 13.5. The topological polar surface area (TPSA) is 84.0 Å². The molecule has 7 heteroatoms. The molecule has 0 aliphatic carbocycles. The van der Waals surface area contributed by atoms with Gasteiger partial charge in [0.15, 0.2) is 5.43 Å². The van der Waals surface area contributed by atoms with Gasteiger partial charge in [-0.25, -0.2) is 9.97 Å². The third-order valence-corrected chi connectivity index (χ3v) is 6.88. The summed E-state index contributed by atoms with van der Waals surface area (Å²) in [7, 11) is 0. The summed E-state index contributed by atoms with van der Waals surface area (Å²) >= 11 is 0. The zero-order chi connectivity index (χ0) is 23.4. The summed E-state index contributed by atoms with van der Waals surface area (Å²) in [6, 6.07) is 21.3. The van der Waals surface area contributed by atoms with Crippen LogP contribution in [0.3, 0.4) is 0 Å². The highest BCUT2D eigenvalue weighted by atomic mass is 16.5. The van der Waals surface area contributed by atoms with Gasteiger partial charge in [0.1, 0.15) is 17.9 Å². The van der Waals surface area contributed by atoms with Crippen molar-refractivity contribution in [1.29, 1.82) is 0 Å². The first-order chi connectivity index (χ1) is 17.3. The van der Waals surface area contributed by atoms with Gasteiger partial charge in [0.05, 0.1) is 17.9 Å². The lowest BCUT2D eigenvalue weighted by Crippen LogP contribution is -2.35. The van der Waals surface area contributed by atoms with E-state index in [1.807, 2.05) is 60.7 Å². The number of aromatic amines is 1. The SMILES string of the molecule is O=c1c2c([nH]c3ccccc13)[C@H](C1Cc3ccccc3O1)N(c1ncc(-c3ccccn3)cn1)C2. The lowest BCUT2D eigenvalue weighted by molar-refractivity contribution is 0.195. The summed E-state index contributed by atoms with van der Waals surface area (Å²) in [6.45, 7) is 0.416. The van der Waals surface area contributed by atoms with Gasteiger partial charge >= 0.3 is 0 Å². The van der Waals surface area contributed by atoms with E-state index in [0.717, 1.165) is 40.2 Å². The highest BCUT2D eigenvalue weighted by Crippen LogP contribution is 2.42. The van der Waals surface area contributed by atoms with Gasteiger partial charge in [0.2, 0.25) is 5.95 Å². The number of nitrogens with one attached hydrogen (secondary N) is 1. The van der Waals surface area contributed by atoms with E-state index >= 15 is 0 Å². The number of rotatable bonds is 3. The van der Waals surface area contributed by atoms with Crippen LogP contribution in [0.1, 0.15) is 22.9 Å². The van der Waals surface area contributed by atoms with Gasteiger partial charge < -0.3 is 14.6 Å². The van der Waals surface area contributed by atoms with Crippen molar-refractivity contribution in [2.75, 3.05) is 4.90 Å². The van der Waals surface area contributed by atoms with Gasteiger partial charge in [-0.3, -0.25) is 9.78 Å². The van der Waals surface area contributed by atoms with Crippen molar-refractivity contribution in [3.05, 3.63) is 112 Å². The molecule has 35 heavy (non-hydrogen) atoms. The standard InChI is InChI=1S/C28H21N5O2/c34-27-19-8-2-3-10-22(19)32-25-20(27)16-33(26(25)24-13-17-7-1-4-11-23(17)35-24)28-30-14-18(15-31-28)21-9-5-6-12-29-21/h1-12,14-15,24,26H,13,16H2,(H,32,34)/t24?,26-/m0/s1. The van der Waals surface area contributed by atoms with E-state index in [4.69, 9.17) is 14.7 Å². The molecule has 2 atom stereocenters. The predicted octanol–water partition coefficient (Wildman–Crippen LogP) is 4.45. The number of fused-ring (bicyclic) bond motifs is 3. The van der Waals surface area contributed by atoms with Crippen LogP contribution in [0.4, 0.5) is 5.95 Å². The Kier molecular flexibility index (Phi) is 4.42. The molecule has 0 bridgehead atoms. The highest BCUT2D eigenvalue weighted by molar-refractivity contribution is 5.80. The molecule has 5 heterocycles. The van der Waals surface area contributed by atoms with Crippen molar-refractivity contribution < 1.29 is 4.74 Å². The smallest absolute Gasteiger partial charge is 0.226 e. The molecular weight excluding hydrogens is 438 g/mol. The first-order valence-electron chi connectivity index (χ1n) is 11.6. The number of para-hydroxylation sites is 2. The van der Waals surface area contributed by atoms with Crippen molar-refractivity contribution in [2.24, 2.45) is 0 Å². The van der Waals surface area contributed by atoms with E-state index in [-0.39, 0.29) is 17.6 Å². The molecular formula is C28H21N5O2. The molecule has 2 aliphatic heterocycles. The molecule has 0 amide bonds. The monoisotopic (exact) mass is 459 g/mol. The Labute approximate surface area is 201 Å². The van der Waals surface area contributed by atoms with Crippen LogP contribution in [-0.4, -0.2) is 26.0 Å². The number of pyridine rings is 2. The number of hydrogen-bond donors (Lipinski definition) is 1. The second kappa shape index (κ2) is 7.77. The molecule has 7 nitrogen and oxygen atoms in total. The molecule has 0 saturated heterocycles. The number of H-pyrrole nitrogens is 1. The van der Waals surface area contributed by atoms with Crippen molar-refractivity contribution in [3.8, 4) is 17.0 Å². The second-order valence-electron chi connectivity index (χ2n) is 8.92. The minimum Gasteiger partial charge on any atom is -0.487 e. The normalized spacial score (nSPS) is 18.3. The van der Waals surface area contributed by atoms with Crippen molar-refractivity contribution in [3.63, 3.8) is 0 Å². The highest BCUT2D eigenvalue weighted by Gasteiger charge is 2.43. The summed E-state index contributed by atoms with van der Waals surface area (Å²) in [5.74, 6) is 1.45. The van der Waals surface area contributed by atoms with Gasteiger partial charge in [0.25, 0.3) is 0 Å². The zero-order valence-corrected chi connectivity index (χ0v) is 18.8. The molecule has 1 N–H and O–H groups in total. The molecule has 3 aromatic heterocycles.